The highest BCUT2D eigenvalue weighted by Gasteiger charge is 2.10. The van der Waals surface area contributed by atoms with E-state index in [4.69, 9.17) is 0 Å². The lowest BCUT2D eigenvalue weighted by atomic mass is 10.1. The third-order valence-corrected chi connectivity index (χ3v) is 8.36. The molecule has 0 aliphatic carbocycles. The molecule has 0 amide bonds. The maximum Gasteiger partial charge on any atom is 0.0499 e. The Labute approximate surface area is 178 Å². The van der Waals surface area contributed by atoms with Gasteiger partial charge in [0.05, 0.1) is 0 Å². The maximum absolute atomic E-state index is 3.78. The molecule has 6 rings (SSSR count). The zero-order valence-electron chi connectivity index (χ0n) is 14.7. The molecule has 0 unspecified atom stereocenters. The first-order valence-corrected chi connectivity index (χ1v) is 11.5. The smallest absolute Gasteiger partial charge is 0.0499 e. The second-order valence-electron chi connectivity index (χ2n) is 6.87. The lowest BCUT2D eigenvalue weighted by Gasteiger charge is -2.08. The number of anilines is 2. The van der Waals surface area contributed by atoms with E-state index < -0.39 is 0 Å². The van der Waals surface area contributed by atoms with Gasteiger partial charge in [-0.15, -0.1) is 22.7 Å². The van der Waals surface area contributed by atoms with Crippen molar-refractivity contribution in [2.75, 3.05) is 5.32 Å². The van der Waals surface area contributed by atoms with Crippen molar-refractivity contribution >= 4 is 90.3 Å². The van der Waals surface area contributed by atoms with Crippen LogP contribution in [0.4, 0.5) is 11.4 Å². The van der Waals surface area contributed by atoms with E-state index in [9.17, 15) is 0 Å². The third-order valence-electron chi connectivity index (χ3n) is 5.10. The highest BCUT2D eigenvalue weighted by atomic mass is 79.9. The first-order valence-electron chi connectivity index (χ1n) is 9.05. The van der Waals surface area contributed by atoms with Crippen LogP contribution >= 0.6 is 38.6 Å². The summed E-state index contributed by atoms with van der Waals surface area (Å²) in [5, 5.41) is 8.86. The van der Waals surface area contributed by atoms with Crippen molar-refractivity contribution in [1.82, 2.24) is 0 Å². The molecule has 2 aromatic heterocycles. The number of hydrogen-bond donors (Lipinski definition) is 1. The summed E-state index contributed by atoms with van der Waals surface area (Å²) >= 11 is 7.46. The van der Waals surface area contributed by atoms with Crippen LogP contribution in [-0.4, -0.2) is 0 Å². The second-order valence-corrected chi connectivity index (χ2v) is 9.86. The number of benzene rings is 4. The molecule has 28 heavy (non-hydrogen) atoms. The van der Waals surface area contributed by atoms with E-state index in [1.54, 1.807) is 0 Å². The summed E-state index contributed by atoms with van der Waals surface area (Å²) in [6.07, 6.45) is 0. The lowest BCUT2D eigenvalue weighted by Crippen LogP contribution is -1.90. The fourth-order valence-electron chi connectivity index (χ4n) is 3.83. The van der Waals surface area contributed by atoms with Crippen LogP contribution < -0.4 is 5.32 Å². The second kappa shape index (κ2) is 6.31. The summed E-state index contributed by atoms with van der Waals surface area (Å²) in [7, 11) is 0. The van der Waals surface area contributed by atoms with E-state index >= 15 is 0 Å². The zero-order valence-corrected chi connectivity index (χ0v) is 17.9. The molecule has 1 nitrogen and oxygen atoms in total. The highest BCUT2D eigenvalue weighted by Crippen LogP contribution is 2.41. The number of nitrogens with one attached hydrogen (secondary N) is 1. The molecule has 0 aliphatic rings. The number of rotatable bonds is 2. The molecule has 0 aliphatic heterocycles. The maximum atomic E-state index is 3.78. The summed E-state index contributed by atoms with van der Waals surface area (Å²) in [6, 6.07) is 28.3. The van der Waals surface area contributed by atoms with Gasteiger partial charge in [0.15, 0.2) is 0 Å². The van der Waals surface area contributed by atoms with Crippen molar-refractivity contribution in [2.24, 2.45) is 0 Å². The van der Waals surface area contributed by atoms with Crippen LogP contribution in [0.15, 0.2) is 83.3 Å². The Kier molecular flexibility index (Phi) is 3.73. The number of hydrogen-bond acceptors (Lipinski definition) is 3. The molecule has 4 aromatic carbocycles. The van der Waals surface area contributed by atoms with Gasteiger partial charge in [0.2, 0.25) is 0 Å². The molecule has 0 bridgehead atoms. The lowest BCUT2D eigenvalue weighted by molar-refractivity contribution is 1.60. The van der Waals surface area contributed by atoms with E-state index in [-0.39, 0.29) is 0 Å². The average molecular weight is 460 g/mol. The first-order chi connectivity index (χ1) is 13.8. The molecule has 2 heterocycles. The van der Waals surface area contributed by atoms with Gasteiger partial charge in [0, 0.05) is 56.2 Å². The molecular formula is C24H14BrNS2. The zero-order chi connectivity index (χ0) is 18.7. The van der Waals surface area contributed by atoms with Gasteiger partial charge in [0.1, 0.15) is 0 Å². The van der Waals surface area contributed by atoms with Crippen LogP contribution in [0.3, 0.4) is 0 Å². The van der Waals surface area contributed by atoms with Crippen molar-refractivity contribution in [2.45, 2.75) is 0 Å². The minimum atomic E-state index is 1.10. The molecule has 4 heteroatoms. The van der Waals surface area contributed by atoms with Gasteiger partial charge >= 0.3 is 0 Å². The molecule has 134 valence electrons. The van der Waals surface area contributed by atoms with Crippen LogP contribution in [0.25, 0.3) is 40.3 Å². The molecule has 0 atom stereocenters. The molecule has 0 saturated heterocycles. The van der Waals surface area contributed by atoms with Crippen LogP contribution in [0.2, 0.25) is 0 Å². The fourth-order valence-corrected chi connectivity index (χ4v) is 6.71. The van der Waals surface area contributed by atoms with Crippen molar-refractivity contribution in [3.63, 3.8) is 0 Å². The quantitative estimate of drug-likeness (QED) is 0.272. The normalized spacial score (nSPS) is 11.8. The van der Waals surface area contributed by atoms with E-state index in [2.05, 4.69) is 100 Å². The van der Waals surface area contributed by atoms with Crippen LogP contribution in [0.1, 0.15) is 0 Å². The summed E-state index contributed by atoms with van der Waals surface area (Å²) in [5.41, 5.74) is 2.21. The summed E-state index contributed by atoms with van der Waals surface area (Å²) < 4.78 is 6.42. The number of thiophene rings is 2. The van der Waals surface area contributed by atoms with E-state index in [0.29, 0.717) is 0 Å². The first kappa shape index (κ1) is 16.5. The van der Waals surface area contributed by atoms with Crippen LogP contribution in [0, 0.1) is 0 Å². The Balaban J connectivity index is 1.49. The Hall–Kier alpha value is -2.40. The Morgan fingerprint density at radius 2 is 1.21 bits per heavy atom. The number of halogens is 1. The third kappa shape index (κ3) is 2.56. The van der Waals surface area contributed by atoms with E-state index in [0.717, 1.165) is 15.8 Å². The molecule has 0 saturated carbocycles. The van der Waals surface area contributed by atoms with Gasteiger partial charge in [-0.05, 0) is 58.4 Å². The summed E-state index contributed by atoms with van der Waals surface area (Å²) in [4.78, 5) is 0. The molecule has 0 spiro atoms. The predicted molar refractivity (Wildman–Crippen MR) is 130 cm³/mol. The van der Waals surface area contributed by atoms with Crippen molar-refractivity contribution < 1.29 is 0 Å². The van der Waals surface area contributed by atoms with Gasteiger partial charge in [-0.25, -0.2) is 0 Å². The van der Waals surface area contributed by atoms with Crippen LogP contribution in [-0.2, 0) is 0 Å². The molecule has 0 fully saturated rings. The molecular weight excluding hydrogens is 446 g/mol. The fraction of sp³-hybridized carbons (Fsp3) is 0. The SMILES string of the molecule is Brc1cc(Nc2ccc3sc4ccccc4c3c2)cc2c1sc1ccccc12. The van der Waals surface area contributed by atoms with Crippen LogP contribution in [0.5, 0.6) is 0 Å². The van der Waals surface area contributed by atoms with E-state index in [1.807, 2.05) is 22.7 Å². The van der Waals surface area contributed by atoms with Gasteiger partial charge in [0.25, 0.3) is 0 Å². The monoisotopic (exact) mass is 459 g/mol. The molecule has 1 N–H and O–H groups in total. The van der Waals surface area contributed by atoms with Gasteiger partial charge in [-0.3, -0.25) is 0 Å². The van der Waals surface area contributed by atoms with Crippen molar-refractivity contribution in [3.05, 3.63) is 83.3 Å². The topological polar surface area (TPSA) is 12.0 Å². The highest BCUT2D eigenvalue weighted by molar-refractivity contribution is 9.10. The van der Waals surface area contributed by atoms with E-state index in [1.165, 1.54) is 40.3 Å². The predicted octanol–water partition coefficient (Wildman–Crippen LogP) is 8.93. The van der Waals surface area contributed by atoms with Gasteiger partial charge in [-0.1, -0.05) is 36.4 Å². The van der Waals surface area contributed by atoms with Crippen molar-refractivity contribution in [3.8, 4) is 0 Å². The summed E-state index contributed by atoms with van der Waals surface area (Å²) in [6.45, 7) is 0. The Morgan fingerprint density at radius 1 is 0.571 bits per heavy atom. The van der Waals surface area contributed by atoms with Gasteiger partial charge < -0.3 is 5.32 Å². The number of fused-ring (bicyclic) bond motifs is 6. The Bertz CT molecular complexity index is 1510. The minimum Gasteiger partial charge on any atom is -0.355 e. The minimum absolute atomic E-state index is 1.10. The van der Waals surface area contributed by atoms with Gasteiger partial charge in [-0.2, -0.15) is 0 Å². The average Bonchev–Trinajstić information content (AvgIpc) is 3.27. The van der Waals surface area contributed by atoms with Crippen molar-refractivity contribution in [1.29, 1.82) is 0 Å². The molecule has 0 radical (unpaired) electrons. The summed E-state index contributed by atoms with van der Waals surface area (Å²) in [5.74, 6) is 0. The Morgan fingerprint density at radius 3 is 2.04 bits per heavy atom. The standard InChI is InChI=1S/C24H14BrNS2/c25-20-13-15(12-19-17-6-2-4-8-22(17)28-24(19)20)26-14-9-10-23-18(11-14)16-5-1-3-7-21(16)27-23/h1-13,26H. The molecule has 6 aromatic rings. The largest absolute Gasteiger partial charge is 0.355 e.